The molecule has 1 heterocycles. The van der Waals surface area contributed by atoms with Crippen molar-refractivity contribution in [2.45, 2.75) is 19.4 Å². The van der Waals surface area contributed by atoms with Gasteiger partial charge in [-0.1, -0.05) is 0 Å². The van der Waals surface area contributed by atoms with E-state index >= 15 is 0 Å². The first-order valence-corrected chi connectivity index (χ1v) is 6.99. The van der Waals surface area contributed by atoms with Crippen molar-refractivity contribution in [1.82, 2.24) is 4.90 Å². The third kappa shape index (κ3) is 3.30. The van der Waals surface area contributed by atoms with Crippen molar-refractivity contribution in [3.05, 3.63) is 29.8 Å². The zero-order chi connectivity index (χ0) is 17.3. The summed E-state index contributed by atoms with van der Waals surface area (Å²) < 4.78 is 26.5. The summed E-state index contributed by atoms with van der Waals surface area (Å²) in [7, 11) is 1.30. The van der Waals surface area contributed by atoms with Crippen LogP contribution in [-0.2, 0) is 14.4 Å². The Hall–Kier alpha value is -2.51. The molecular weight excluding hydrogens is 310 g/mol. The Kier molecular flexibility index (Phi) is 4.63. The molecule has 23 heavy (non-hydrogen) atoms. The normalized spacial score (nSPS) is 18.9. The standard InChI is InChI=1S/C15H16F2N2O4/c1-8(15(22)23)18(2)13(20)12-3-4-19(14(12)21)11-6-9(16)5-10(17)7-11/h5-8,12H,3-4H2,1-2H3,(H,22,23)/t8-,12-/m1/s1. The van der Waals surface area contributed by atoms with Crippen LogP contribution < -0.4 is 4.90 Å². The van der Waals surface area contributed by atoms with Crippen molar-refractivity contribution in [3.63, 3.8) is 0 Å². The number of nitrogens with zero attached hydrogens (tertiary/aromatic N) is 2. The number of carbonyl (C=O) groups excluding carboxylic acids is 2. The molecule has 6 nitrogen and oxygen atoms in total. The summed E-state index contributed by atoms with van der Waals surface area (Å²) in [6.45, 7) is 1.47. The van der Waals surface area contributed by atoms with Gasteiger partial charge in [0, 0.05) is 25.3 Å². The minimum atomic E-state index is -1.18. The van der Waals surface area contributed by atoms with Gasteiger partial charge in [0.1, 0.15) is 23.6 Å². The van der Waals surface area contributed by atoms with E-state index in [0.717, 1.165) is 21.9 Å². The van der Waals surface area contributed by atoms with Crippen LogP contribution in [0.5, 0.6) is 0 Å². The van der Waals surface area contributed by atoms with Crippen LogP contribution >= 0.6 is 0 Å². The molecule has 0 saturated carbocycles. The zero-order valence-electron chi connectivity index (χ0n) is 12.6. The van der Waals surface area contributed by atoms with Gasteiger partial charge in [-0.05, 0) is 25.5 Å². The molecular formula is C15H16F2N2O4. The smallest absolute Gasteiger partial charge is 0.326 e. The van der Waals surface area contributed by atoms with Crippen molar-refractivity contribution >= 4 is 23.5 Å². The molecule has 1 aliphatic heterocycles. The summed E-state index contributed by atoms with van der Waals surface area (Å²) in [4.78, 5) is 37.7. The zero-order valence-corrected chi connectivity index (χ0v) is 12.6. The minimum absolute atomic E-state index is 0.0386. The molecule has 1 aromatic carbocycles. The second-order valence-electron chi connectivity index (χ2n) is 5.42. The molecule has 2 atom stereocenters. The van der Waals surface area contributed by atoms with Gasteiger partial charge in [-0.3, -0.25) is 9.59 Å². The minimum Gasteiger partial charge on any atom is -0.480 e. The SMILES string of the molecule is C[C@H](C(=O)O)N(C)C(=O)[C@H]1CCN(c2cc(F)cc(F)c2)C1=O. The lowest BCUT2D eigenvalue weighted by molar-refractivity contribution is -0.151. The molecule has 1 N–H and O–H groups in total. The number of halogens is 2. The molecule has 0 spiro atoms. The summed E-state index contributed by atoms with van der Waals surface area (Å²) in [5.41, 5.74) is 0.0386. The Labute approximate surface area is 131 Å². The molecule has 1 saturated heterocycles. The van der Waals surface area contributed by atoms with Gasteiger partial charge in [0.15, 0.2) is 0 Å². The van der Waals surface area contributed by atoms with E-state index < -0.39 is 41.4 Å². The molecule has 0 bridgehead atoms. The monoisotopic (exact) mass is 326 g/mol. The maximum Gasteiger partial charge on any atom is 0.326 e. The Bertz CT molecular complexity index is 645. The number of hydrogen-bond donors (Lipinski definition) is 1. The number of carboxylic acid groups (broad SMARTS) is 1. The fourth-order valence-electron chi connectivity index (χ4n) is 2.46. The van der Waals surface area contributed by atoms with E-state index in [1.165, 1.54) is 14.0 Å². The molecule has 1 fully saturated rings. The Morgan fingerprint density at radius 1 is 1.30 bits per heavy atom. The van der Waals surface area contributed by atoms with Crippen molar-refractivity contribution in [2.24, 2.45) is 5.92 Å². The summed E-state index contributed by atoms with van der Waals surface area (Å²) in [5.74, 6) is -5.09. The number of carboxylic acids is 1. The molecule has 0 aliphatic carbocycles. The third-order valence-electron chi connectivity index (χ3n) is 3.95. The lowest BCUT2D eigenvalue weighted by atomic mass is 10.1. The lowest BCUT2D eigenvalue weighted by Crippen LogP contribution is -2.45. The molecule has 124 valence electrons. The molecule has 8 heteroatoms. The van der Waals surface area contributed by atoms with E-state index in [9.17, 15) is 23.2 Å². The van der Waals surface area contributed by atoms with E-state index in [1.54, 1.807) is 0 Å². The second kappa shape index (κ2) is 6.31. The van der Waals surface area contributed by atoms with Crippen LogP contribution in [0.15, 0.2) is 18.2 Å². The lowest BCUT2D eigenvalue weighted by Gasteiger charge is -2.24. The predicted molar refractivity (Wildman–Crippen MR) is 76.7 cm³/mol. The van der Waals surface area contributed by atoms with Gasteiger partial charge in [0.2, 0.25) is 11.8 Å². The number of benzene rings is 1. The highest BCUT2D eigenvalue weighted by atomic mass is 19.1. The van der Waals surface area contributed by atoms with E-state index in [4.69, 9.17) is 5.11 Å². The number of rotatable bonds is 4. The number of carbonyl (C=O) groups is 3. The molecule has 0 aromatic heterocycles. The largest absolute Gasteiger partial charge is 0.480 e. The quantitative estimate of drug-likeness (QED) is 0.845. The third-order valence-corrected chi connectivity index (χ3v) is 3.95. The van der Waals surface area contributed by atoms with Gasteiger partial charge in [-0.25, -0.2) is 13.6 Å². The molecule has 2 rings (SSSR count). The van der Waals surface area contributed by atoms with Crippen molar-refractivity contribution in [2.75, 3.05) is 18.5 Å². The van der Waals surface area contributed by atoms with Gasteiger partial charge < -0.3 is 14.9 Å². The maximum absolute atomic E-state index is 13.3. The summed E-state index contributed by atoms with van der Waals surface area (Å²) >= 11 is 0. The van der Waals surface area contributed by atoms with Crippen molar-refractivity contribution in [1.29, 1.82) is 0 Å². The van der Waals surface area contributed by atoms with Gasteiger partial charge in [-0.2, -0.15) is 0 Å². The summed E-state index contributed by atoms with van der Waals surface area (Å²) in [5, 5.41) is 8.93. The molecule has 2 amide bonds. The number of amides is 2. The highest BCUT2D eigenvalue weighted by molar-refractivity contribution is 6.10. The topological polar surface area (TPSA) is 77.9 Å². The van der Waals surface area contributed by atoms with Crippen LogP contribution in [0, 0.1) is 17.6 Å². The fourth-order valence-corrected chi connectivity index (χ4v) is 2.46. The Morgan fingerprint density at radius 2 is 1.87 bits per heavy atom. The highest BCUT2D eigenvalue weighted by Crippen LogP contribution is 2.28. The summed E-state index contributed by atoms with van der Waals surface area (Å²) in [6.07, 6.45) is 0.159. The first-order chi connectivity index (χ1) is 10.7. The number of aliphatic carboxylic acids is 1. The van der Waals surface area contributed by atoms with Crippen molar-refractivity contribution < 1.29 is 28.3 Å². The van der Waals surface area contributed by atoms with Crippen LogP contribution in [-0.4, -0.2) is 47.4 Å². The Balaban J connectivity index is 2.18. The highest BCUT2D eigenvalue weighted by Gasteiger charge is 2.40. The van der Waals surface area contributed by atoms with Crippen molar-refractivity contribution in [3.8, 4) is 0 Å². The van der Waals surface area contributed by atoms with E-state index in [1.807, 2.05) is 0 Å². The number of hydrogen-bond acceptors (Lipinski definition) is 3. The fraction of sp³-hybridized carbons (Fsp3) is 0.400. The molecule has 0 unspecified atom stereocenters. The van der Waals surface area contributed by atoms with Gasteiger partial charge in [0.25, 0.3) is 0 Å². The first kappa shape index (κ1) is 16.9. The second-order valence-corrected chi connectivity index (χ2v) is 5.42. The number of likely N-dealkylation sites (N-methyl/N-ethyl adjacent to an activating group) is 1. The molecule has 1 aromatic rings. The van der Waals surface area contributed by atoms with E-state index in [-0.39, 0.29) is 18.7 Å². The van der Waals surface area contributed by atoms with Crippen LogP contribution in [0.2, 0.25) is 0 Å². The van der Waals surface area contributed by atoms with Crippen LogP contribution in [0.1, 0.15) is 13.3 Å². The summed E-state index contributed by atoms with van der Waals surface area (Å²) in [6, 6.07) is 1.64. The predicted octanol–water partition coefficient (Wildman–Crippen LogP) is 1.25. The van der Waals surface area contributed by atoms with Crippen LogP contribution in [0.3, 0.4) is 0 Å². The van der Waals surface area contributed by atoms with E-state index in [2.05, 4.69) is 0 Å². The van der Waals surface area contributed by atoms with Gasteiger partial charge in [0.05, 0.1) is 0 Å². The van der Waals surface area contributed by atoms with Crippen LogP contribution in [0.4, 0.5) is 14.5 Å². The van der Waals surface area contributed by atoms with Crippen LogP contribution in [0.25, 0.3) is 0 Å². The Morgan fingerprint density at radius 3 is 2.39 bits per heavy atom. The van der Waals surface area contributed by atoms with Gasteiger partial charge in [-0.15, -0.1) is 0 Å². The maximum atomic E-state index is 13.3. The first-order valence-electron chi connectivity index (χ1n) is 6.99. The molecule has 1 aliphatic rings. The average Bonchev–Trinajstić information content (AvgIpc) is 2.85. The van der Waals surface area contributed by atoms with Gasteiger partial charge >= 0.3 is 5.97 Å². The molecule has 0 radical (unpaired) electrons. The van der Waals surface area contributed by atoms with E-state index in [0.29, 0.717) is 6.07 Å². The number of anilines is 1. The average molecular weight is 326 g/mol.